The van der Waals surface area contributed by atoms with Crippen LogP contribution in [0.1, 0.15) is 58.9 Å². The summed E-state index contributed by atoms with van der Waals surface area (Å²) in [6, 6.07) is 5.37. The average molecular weight is 390 g/mol. The zero-order valence-corrected chi connectivity index (χ0v) is 17.1. The number of rotatable bonds is 9. The number of carbonyl (C=O) groups excluding carboxylic acids is 2. The zero-order chi connectivity index (χ0) is 19.8. The van der Waals surface area contributed by atoms with Crippen molar-refractivity contribution in [2.45, 2.75) is 33.7 Å². The van der Waals surface area contributed by atoms with E-state index in [0.29, 0.717) is 30.1 Å². The highest BCUT2D eigenvalue weighted by atomic mass is 32.1. The number of aryl methyl sites for hydroxylation is 1. The molecule has 2 aromatic rings. The molecule has 1 N–H and O–H groups in total. The fourth-order valence-corrected chi connectivity index (χ4v) is 3.69. The first-order valence-corrected chi connectivity index (χ1v) is 10.1. The topological polar surface area (TPSA) is 71.5 Å². The first kappa shape index (κ1) is 21.1. The number of amides is 1. The highest BCUT2D eigenvalue weighted by Gasteiger charge is 2.20. The number of thiophene rings is 1. The monoisotopic (exact) mass is 389 g/mol. The molecule has 1 amide bonds. The second-order valence-electron chi connectivity index (χ2n) is 6.05. The Morgan fingerprint density at radius 2 is 1.96 bits per heavy atom. The largest absolute Gasteiger partial charge is 0.462 e. The number of aromatic nitrogens is 1. The minimum Gasteiger partial charge on any atom is -0.462 e. The molecule has 7 heteroatoms. The molecule has 0 aliphatic carbocycles. The molecule has 0 saturated carbocycles. The van der Waals surface area contributed by atoms with Crippen molar-refractivity contribution in [1.29, 1.82) is 0 Å². The maximum Gasteiger partial charge on any atom is 0.339 e. The minimum absolute atomic E-state index is 0.120. The number of nitrogens with zero attached hydrogens (tertiary/aromatic N) is 2. The lowest BCUT2D eigenvalue weighted by molar-refractivity contribution is 0.0524. The van der Waals surface area contributed by atoms with Crippen LogP contribution in [0, 0.1) is 6.92 Å². The van der Waals surface area contributed by atoms with Gasteiger partial charge < -0.3 is 10.1 Å². The molecule has 2 heterocycles. The Bertz CT molecular complexity index is 758. The van der Waals surface area contributed by atoms with Gasteiger partial charge in [-0.15, -0.1) is 0 Å². The van der Waals surface area contributed by atoms with Gasteiger partial charge in [0.1, 0.15) is 5.69 Å². The highest BCUT2D eigenvalue weighted by molar-refractivity contribution is 7.07. The summed E-state index contributed by atoms with van der Waals surface area (Å²) >= 11 is 1.65. The van der Waals surface area contributed by atoms with Gasteiger partial charge in [-0.25, -0.2) is 9.78 Å². The van der Waals surface area contributed by atoms with E-state index in [-0.39, 0.29) is 11.9 Å². The van der Waals surface area contributed by atoms with Crippen molar-refractivity contribution in [3.63, 3.8) is 0 Å². The number of esters is 1. The number of hydrogen-bond acceptors (Lipinski definition) is 6. The molecule has 0 aliphatic heterocycles. The third-order valence-electron chi connectivity index (χ3n) is 4.45. The van der Waals surface area contributed by atoms with E-state index in [2.05, 4.69) is 40.5 Å². The standard InChI is InChI=1S/C20H27N3O3S/c1-5-23(6-2)18(15-10-11-27-13-15)12-21-19(24)17-9-8-16(14(4)22-17)20(25)26-7-3/h8-11,13,18H,5-7,12H2,1-4H3,(H,21,24). The molecule has 6 nitrogen and oxygen atoms in total. The van der Waals surface area contributed by atoms with E-state index >= 15 is 0 Å². The molecule has 1 unspecified atom stereocenters. The van der Waals surface area contributed by atoms with Crippen LogP contribution in [0.25, 0.3) is 0 Å². The second-order valence-corrected chi connectivity index (χ2v) is 6.83. The number of nitrogens with one attached hydrogen (secondary N) is 1. The van der Waals surface area contributed by atoms with Crippen molar-refractivity contribution in [2.24, 2.45) is 0 Å². The lowest BCUT2D eigenvalue weighted by atomic mass is 10.1. The Morgan fingerprint density at radius 1 is 1.22 bits per heavy atom. The Balaban J connectivity index is 2.09. The summed E-state index contributed by atoms with van der Waals surface area (Å²) in [5, 5.41) is 7.15. The Kier molecular flexibility index (Phi) is 7.94. The second kappa shape index (κ2) is 10.2. The van der Waals surface area contributed by atoms with Gasteiger partial charge >= 0.3 is 5.97 Å². The van der Waals surface area contributed by atoms with Crippen LogP contribution in [0.5, 0.6) is 0 Å². The van der Waals surface area contributed by atoms with E-state index in [1.165, 1.54) is 5.56 Å². The molecule has 1 atom stereocenters. The van der Waals surface area contributed by atoms with Crippen molar-refractivity contribution in [3.8, 4) is 0 Å². The summed E-state index contributed by atoms with van der Waals surface area (Å²) in [6.45, 7) is 10.3. The quantitative estimate of drug-likeness (QED) is 0.665. The summed E-state index contributed by atoms with van der Waals surface area (Å²) in [4.78, 5) is 31.0. The molecule has 0 aliphatic rings. The van der Waals surface area contributed by atoms with E-state index in [1.807, 2.05) is 5.38 Å². The van der Waals surface area contributed by atoms with E-state index in [9.17, 15) is 9.59 Å². The van der Waals surface area contributed by atoms with Gasteiger partial charge in [0.15, 0.2) is 0 Å². The van der Waals surface area contributed by atoms with E-state index < -0.39 is 5.97 Å². The Hall–Kier alpha value is -2.25. The molecule has 0 bridgehead atoms. The van der Waals surface area contributed by atoms with Crippen LogP contribution in [-0.4, -0.2) is 48.0 Å². The predicted octanol–water partition coefficient (Wildman–Crippen LogP) is 3.44. The third kappa shape index (κ3) is 5.37. The van der Waals surface area contributed by atoms with Gasteiger partial charge in [-0.05, 0) is 61.5 Å². The summed E-state index contributed by atoms with van der Waals surface area (Å²) in [6.07, 6.45) is 0. The summed E-state index contributed by atoms with van der Waals surface area (Å²) in [5.41, 5.74) is 2.36. The van der Waals surface area contributed by atoms with E-state index in [0.717, 1.165) is 13.1 Å². The van der Waals surface area contributed by atoms with E-state index in [1.54, 1.807) is 37.3 Å². The molecule has 146 valence electrons. The SMILES string of the molecule is CCOC(=O)c1ccc(C(=O)NCC(c2ccsc2)N(CC)CC)nc1C. The van der Waals surface area contributed by atoms with Crippen LogP contribution in [0.2, 0.25) is 0 Å². The lowest BCUT2D eigenvalue weighted by Crippen LogP contribution is -2.38. The van der Waals surface area contributed by atoms with E-state index in [4.69, 9.17) is 4.74 Å². The lowest BCUT2D eigenvalue weighted by Gasteiger charge is -2.29. The van der Waals surface area contributed by atoms with Crippen LogP contribution in [0.4, 0.5) is 0 Å². The molecule has 27 heavy (non-hydrogen) atoms. The highest BCUT2D eigenvalue weighted by Crippen LogP contribution is 2.22. The molecular weight excluding hydrogens is 362 g/mol. The normalized spacial score (nSPS) is 12.0. The molecule has 0 fully saturated rings. The predicted molar refractivity (Wildman–Crippen MR) is 107 cm³/mol. The van der Waals surface area contributed by atoms with Crippen LogP contribution in [-0.2, 0) is 4.74 Å². The van der Waals surface area contributed by atoms with Gasteiger partial charge in [0.25, 0.3) is 5.91 Å². The van der Waals surface area contributed by atoms with Gasteiger partial charge in [0, 0.05) is 6.54 Å². The number of ether oxygens (including phenoxy) is 1. The van der Waals surface area contributed by atoms with Crippen LogP contribution >= 0.6 is 11.3 Å². The van der Waals surface area contributed by atoms with Crippen molar-refractivity contribution in [1.82, 2.24) is 15.2 Å². The summed E-state index contributed by atoms with van der Waals surface area (Å²) in [5.74, 6) is -0.672. The Labute approximate surface area is 164 Å². The van der Waals surface area contributed by atoms with Gasteiger partial charge in [-0.1, -0.05) is 13.8 Å². The van der Waals surface area contributed by atoms with Crippen LogP contribution in [0.15, 0.2) is 29.0 Å². The van der Waals surface area contributed by atoms with Crippen molar-refractivity contribution in [2.75, 3.05) is 26.2 Å². The smallest absolute Gasteiger partial charge is 0.339 e. The number of carbonyl (C=O) groups is 2. The minimum atomic E-state index is -0.423. The molecule has 0 saturated heterocycles. The maximum absolute atomic E-state index is 12.6. The van der Waals surface area contributed by atoms with Crippen LogP contribution in [0.3, 0.4) is 0 Å². The average Bonchev–Trinajstić information content (AvgIpc) is 3.19. The fraction of sp³-hybridized carbons (Fsp3) is 0.450. The first-order chi connectivity index (χ1) is 13.0. The molecule has 2 aromatic heterocycles. The van der Waals surface area contributed by atoms with Gasteiger partial charge in [0.2, 0.25) is 0 Å². The van der Waals surface area contributed by atoms with Gasteiger partial charge in [-0.3, -0.25) is 9.69 Å². The van der Waals surface area contributed by atoms with Gasteiger partial charge in [-0.2, -0.15) is 11.3 Å². The van der Waals surface area contributed by atoms with Crippen molar-refractivity contribution in [3.05, 3.63) is 51.5 Å². The molecule has 0 spiro atoms. The first-order valence-electron chi connectivity index (χ1n) is 9.20. The van der Waals surface area contributed by atoms with Crippen molar-refractivity contribution < 1.29 is 14.3 Å². The number of hydrogen-bond donors (Lipinski definition) is 1. The Morgan fingerprint density at radius 3 is 2.52 bits per heavy atom. The fourth-order valence-electron chi connectivity index (χ4n) is 2.98. The molecule has 0 aromatic carbocycles. The maximum atomic E-state index is 12.6. The molecular formula is C20H27N3O3S. The van der Waals surface area contributed by atoms with Crippen molar-refractivity contribution >= 4 is 23.2 Å². The summed E-state index contributed by atoms with van der Waals surface area (Å²) < 4.78 is 5.00. The number of likely N-dealkylation sites (N-methyl/N-ethyl adjacent to an activating group) is 1. The third-order valence-corrected chi connectivity index (χ3v) is 5.15. The zero-order valence-electron chi connectivity index (χ0n) is 16.3. The molecule has 2 rings (SSSR count). The van der Waals surface area contributed by atoms with Crippen LogP contribution < -0.4 is 5.32 Å². The summed E-state index contributed by atoms with van der Waals surface area (Å²) in [7, 11) is 0. The molecule has 0 radical (unpaired) electrons. The van der Waals surface area contributed by atoms with Gasteiger partial charge in [0.05, 0.1) is 23.9 Å². The number of pyridine rings is 1.